The first-order valence-electron chi connectivity index (χ1n) is 7.16. The Balaban J connectivity index is 2.33. The van der Waals surface area contributed by atoms with Gasteiger partial charge in [0.05, 0.1) is 18.8 Å². The lowest BCUT2D eigenvalue weighted by Crippen LogP contribution is -2.50. The van der Waals surface area contributed by atoms with Crippen LogP contribution in [0.1, 0.15) is 40.0 Å². The average Bonchev–Trinajstić information content (AvgIpc) is 2.37. The van der Waals surface area contributed by atoms with Crippen LogP contribution in [0.3, 0.4) is 0 Å². The highest BCUT2D eigenvalue weighted by Crippen LogP contribution is 2.32. The summed E-state index contributed by atoms with van der Waals surface area (Å²) in [5.74, 6) is 0.245. The van der Waals surface area contributed by atoms with E-state index in [-0.39, 0.29) is 24.0 Å². The van der Waals surface area contributed by atoms with Gasteiger partial charge in [-0.3, -0.25) is 4.79 Å². The van der Waals surface area contributed by atoms with Gasteiger partial charge in [-0.15, -0.1) is 0 Å². The first-order valence-corrected chi connectivity index (χ1v) is 7.16. The second-order valence-corrected chi connectivity index (χ2v) is 5.47. The second kappa shape index (κ2) is 7.82. The lowest BCUT2D eigenvalue weighted by atomic mass is 9.80. The highest BCUT2D eigenvalue weighted by molar-refractivity contribution is 5.73. The maximum Gasteiger partial charge on any atom is 0.217 e. The van der Waals surface area contributed by atoms with E-state index in [1.165, 1.54) is 0 Å². The summed E-state index contributed by atoms with van der Waals surface area (Å²) in [6.45, 7) is 7.10. The van der Waals surface area contributed by atoms with Gasteiger partial charge in [-0.1, -0.05) is 20.8 Å². The zero-order valence-electron chi connectivity index (χ0n) is 12.2. The van der Waals surface area contributed by atoms with Crippen molar-refractivity contribution in [1.82, 2.24) is 0 Å². The van der Waals surface area contributed by atoms with Crippen molar-refractivity contribution in [2.24, 2.45) is 17.6 Å². The molecule has 5 nitrogen and oxygen atoms in total. The molecule has 1 heterocycles. The molecule has 112 valence electrons. The van der Waals surface area contributed by atoms with Gasteiger partial charge in [0, 0.05) is 13.0 Å². The fourth-order valence-electron chi connectivity index (χ4n) is 2.57. The average molecular weight is 273 g/mol. The first kappa shape index (κ1) is 16.4. The van der Waals surface area contributed by atoms with Crippen molar-refractivity contribution in [2.45, 2.75) is 58.3 Å². The lowest BCUT2D eigenvalue weighted by molar-refractivity contribution is -0.186. The Bertz CT molecular complexity index is 283. The zero-order valence-corrected chi connectivity index (χ0v) is 12.2. The van der Waals surface area contributed by atoms with Gasteiger partial charge in [-0.2, -0.15) is 0 Å². The molecule has 0 bridgehead atoms. The number of hydrogen-bond acceptors (Lipinski definition) is 4. The SMILES string of the molecule is CCC1OC(COCCCC(N)=O)C(O)C(C)C1C. The monoisotopic (exact) mass is 273 g/mol. The van der Waals surface area contributed by atoms with Crippen LogP contribution < -0.4 is 5.73 Å². The molecule has 1 aliphatic rings. The Morgan fingerprint density at radius 2 is 2.00 bits per heavy atom. The predicted octanol–water partition coefficient (Wildman–Crippen LogP) is 1.08. The lowest BCUT2D eigenvalue weighted by Gasteiger charge is -2.42. The molecular formula is C14H27NO4. The van der Waals surface area contributed by atoms with Crippen molar-refractivity contribution in [3.8, 4) is 0 Å². The minimum absolute atomic E-state index is 0.178. The Morgan fingerprint density at radius 3 is 2.58 bits per heavy atom. The Kier molecular flexibility index (Phi) is 6.75. The Hall–Kier alpha value is -0.650. The van der Waals surface area contributed by atoms with Crippen molar-refractivity contribution in [3.63, 3.8) is 0 Å². The van der Waals surface area contributed by atoms with E-state index in [1.807, 2.05) is 0 Å². The number of carbonyl (C=O) groups is 1. The number of nitrogens with two attached hydrogens (primary N) is 1. The minimum Gasteiger partial charge on any atom is -0.390 e. The molecule has 1 saturated heterocycles. The van der Waals surface area contributed by atoms with Crippen LogP contribution in [0.4, 0.5) is 0 Å². The van der Waals surface area contributed by atoms with Crippen molar-refractivity contribution >= 4 is 5.91 Å². The maximum atomic E-state index is 10.6. The van der Waals surface area contributed by atoms with Crippen LogP contribution in [0.5, 0.6) is 0 Å². The normalized spacial score (nSPS) is 35.3. The molecule has 3 N–H and O–H groups in total. The summed E-state index contributed by atoms with van der Waals surface area (Å²) in [6.07, 6.45) is 1.30. The molecule has 1 amide bonds. The summed E-state index contributed by atoms with van der Waals surface area (Å²) < 4.78 is 11.4. The molecule has 5 atom stereocenters. The fraction of sp³-hybridized carbons (Fsp3) is 0.929. The van der Waals surface area contributed by atoms with E-state index in [4.69, 9.17) is 15.2 Å². The molecule has 0 aliphatic carbocycles. The number of rotatable bonds is 7. The number of aliphatic hydroxyl groups is 1. The number of amides is 1. The van der Waals surface area contributed by atoms with Crippen LogP contribution in [0, 0.1) is 11.8 Å². The van der Waals surface area contributed by atoms with E-state index in [0.29, 0.717) is 32.0 Å². The molecule has 0 aromatic heterocycles. The Labute approximate surface area is 115 Å². The first-order chi connectivity index (χ1) is 8.97. The van der Waals surface area contributed by atoms with Crippen LogP contribution in [0.15, 0.2) is 0 Å². The maximum absolute atomic E-state index is 10.6. The summed E-state index contributed by atoms with van der Waals surface area (Å²) in [5.41, 5.74) is 5.05. The number of aliphatic hydroxyl groups excluding tert-OH is 1. The topological polar surface area (TPSA) is 81.8 Å². The van der Waals surface area contributed by atoms with Gasteiger partial charge in [0.1, 0.15) is 6.10 Å². The minimum atomic E-state index is -0.492. The van der Waals surface area contributed by atoms with Crippen molar-refractivity contribution < 1.29 is 19.4 Å². The van der Waals surface area contributed by atoms with Crippen molar-refractivity contribution in [3.05, 3.63) is 0 Å². The van der Waals surface area contributed by atoms with Crippen molar-refractivity contribution in [2.75, 3.05) is 13.2 Å². The summed E-state index contributed by atoms with van der Waals surface area (Å²) in [4.78, 5) is 10.6. The standard InChI is InChI=1S/C14H27NO4/c1-4-11-9(2)10(3)14(17)12(19-11)8-18-7-5-6-13(15)16/h9-12,14,17H,4-8H2,1-3H3,(H2,15,16). The highest BCUT2D eigenvalue weighted by Gasteiger charge is 2.39. The van der Waals surface area contributed by atoms with E-state index >= 15 is 0 Å². The van der Waals surface area contributed by atoms with Crippen LogP contribution in [0.25, 0.3) is 0 Å². The molecule has 0 saturated carbocycles. The number of ether oxygens (including phenoxy) is 2. The van der Waals surface area contributed by atoms with Crippen molar-refractivity contribution in [1.29, 1.82) is 0 Å². The number of hydrogen-bond donors (Lipinski definition) is 2. The third kappa shape index (κ3) is 4.75. The highest BCUT2D eigenvalue weighted by atomic mass is 16.5. The van der Waals surface area contributed by atoms with E-state index in [0.717, 1.165) is 6.42 Å². The molecule has 0 radical (unpaired) electrons. The van der Waals surface area contributed by atoms with Crippen LogP contribution in [0.2, 0.25) is 0 Å². The Morgan fingerprint density at radius 1 is 1.32 bits per heavy atom. The molecule has 1 fully saturated rings. The van der Waals surface area contributed by atoms with E-state index < -0.39 is 6.10 Å². The molecule has 19 heavy (non-hydrogen) atoms. The molecule has 0 spiro atoms. The largest absolute Gasteiger partial charge is 0.390 e. The smallest absolute Gasteiger partial charge is 0.217 e. The van der Waals surface area contributed by atoms with E-state index in [9.17, 15) is 9.90 Å². The van der Waals surface area contributed by atoms with Gasteiger partial charge in [0.15, 0.2) is 0 Å². The molecular weight excluding hydrogens is 246 g/mol. The molecule has 5 unspecified atom stereocenters. The third-order valence-corrected chi connectivity index (χ3v) is 4.08. The van der Waals surface area contributed by atoms with Gasteiger partial charge in [0.2, 0.25) is 5.91 Å². The van der Waals surface area contributed by atoms with E-state index in [2.05, 4.69) is 20.8 Å². The summed E-state index contributed by atoms with van der Waals surface area (Å²) >= 11 is 0. The molecule has 0 aromatic carbocycles. The van der Waals surface area contributed by atoms with Gasteiger partial charge in [-0.25, -0.2) is 0 Å². The third-order valence-electron chi connectivity index (χ3n) is 4.08. The van der Waals surface area contributed by atoms with Crippen LogP contribution in [-0.4, -0.2) is 42.5 Å². The predicted molar refractivity (Wildman–Crippen MR) is 72.5 cm³/mol. The van der Waals surface area contributed by atoms with Gasteiger partial charge >= 0.3 is 0 Å². The summed E-state index contributed by atoms with van der Waals surface area (Å²) in [6, 6.07) is 0. The van der Waals surface area contributed by atoms with Gasteiger partial charge < -0.3 is 20.3 Å². The van der Waals surface area contributed by atoms with Crippen LogP contribution in [-0.2, 0) is 14.3 Å². The summed E-state index contributed by atoms with van der Waals surface area (Å²) in [7, 11) is 0. The van der Waals surface area contributed by atoms with E-state index in [1.54, 1.807) is 0 Å². The quantitative estimate of drug-likeness (QED) is 0.680. The number of carbonyl (C=O) groups excluding carboxylic acids is 1. The molecule has 1 aliphatic heterocycles. The molecule has 5 heteroatoms. The second-order valence-electron chi connectivity index (χ2n) is 5.47. The van der Waals surface area contributed by atoms with Crippen LogP contribution >= 0.6 is 0 Å². The summed E-state index contributed by atoms with van der Waals surface area (Å²) in [5, 5.41) is 10.2. The molecule has 1 rings (SSSR count). The fourth-order valence-corrected chi connectivity index (χ4v) is 2.57. The number of primary amides is 1. The van der Waals surface area contributed by atoms with Gasteiger partial charge in [0.25, 0.3) is 0 Å². The zero-order chi connectivity index (χ0) is 14.4. The van der Waals surface area contributed by atoms with Gasteiger partial charge in [-0.05, 0) is 24.7 Å². The molecule has 0 aromatic rings.